The van der Waals surface area contributed by atoms with Gasteiger partial charge in [-0.05, 0) is 31.5 Å². The van der Waals surface area contributed by atoms with Crippen molar-refractivity contribution < 1.29 is 22.7 Å². The summed E-state index contributed by atoms with van der Waals surface area (Å²) in [7, 11) is 0. The van der Waals surface area contributed by atoms with Crippen molar-refractivity contribution in [2.24, 2.45) is 0 Å². The molecule has 1 aromatic rings. The maximum Gasteiger partial charge on any atom is 0.389 e. The molecule has 0 saturated heterocycles. The number of carbonyl (C=O) groups is 1. The van der Waals surface area contributed by atoms with Crippen LogP contribution < -0.4 is 11.1 Å². The Labute approximate surface area is 115 Å². The Morgan fingerprint density at radius 2 is 2.10 bits per heavy atom. The minimum atomic E-state index is -4.15. The molecule has 0 radical (unpaired) electrons. The van der Waals surface area contributed by atoms with E-state index in [1.165, 1.54) is 12.1 Å². The number of nitrogens with two attached hydrogens (primary N) is 1. The van der Waals surface area contributed by atoms with Gasteiger partial charge in [-0.15, -0.1) is 0 Å². The molecule has 0 saturated carbocycles. The van der Waals surface area contributed by atoms with Gasteiger partial charge in [0.15, 0.2) is 0 Å². The number of ether oxygens (including phenoxy) is 1. The van der Waals surface area contributed by atoms with Crippen LogP contribution >= 0.6 is 0 Å². The van der Waals surface area contributed by atoms with Crippen LogP contribution in [0.1, 0.15) is 30.1 Å². The highest BCUT2D eigenvalue weighted by Gasteiger charge is 2.25. The molecule has 0 atom stereocenters. The third-order valence-electron chi connectivity index (χ3n) is 2.51. The van der Waals surface area contributed by atoms with Gasteiger partial charge in [0, 0.05) is 24.3 Å². The number of rotatable bonds is 6. The van der Waals surface area contributed by atoms with Crippen LogP contribution in [0.5, 0.6) is 0 Å². The maximum absolute atomic E-state index is 12.0. The molecule has 0 amide bonds. The van der Waals surface area contributed by atoms with Crippen LogP contribution in [0.25, 0.3) is 0 Å². The first kappa shape index (κ1) is 16.1. The van der Waals surface area contributed by atoms with E-state index >= 15 is 0 Å². The van der Waals surface area contributed by atoms with Crippen LogP contribution in [-0.4, -0.2) is 25.3 Å². The van der Waals surface area contributed by atoms with Crippen molar-refractivity contribution in [3.8, 4) is 0 Å². The van der Waals surface area contributed by atoms with Gasteiger partial charge in [-0.25, -0.2) is 4.79 Å². The standard InChI is InChI=1S/C13H17F3N2O2/c1-2-20-12(19)10-8-9(4-5-11(10)17)18-7-3-6-13(14,15)16/h4-5,8,18H,2-3,6-7,17H2,1H3. The minimum Gasteiger partial charge on any atom is -0.462 e. The summed E-state index contributed by atoms with van der Waals surface area (Å²) >= 11 is 0. The first-order chi connectivity index (χ1) is 9.33. The Hall–Kier alpha value is -1.92. The summed E-state index contributed by atoms with van der Waals surface area (Å²) in [5, 5.41) is 2.82. The zero-order valence-electron chi connectivity index (χ0n) is 11.1. The summed E-state index contributed by atoms with van der Waals surface area (Å²) in [5.74, 6) is -0.552. The Bertz CT molecular complexity index is 461. The largest absolute Gasteiger partial charge is 0.462 e. The number of benzene rings is 1. The normalized spacial score (nSPS) is 11.2. The van der Waals surface area contributed by atoms with Crippen molar-refractivity contribution in [1.82, 2.24) is 0 Å². The van der Waals surface area contributed by atoms with Gasteiger partial charge in [-0.1, -0.05) is 0 Å². The number of hydrogen-bond donors (Lipinski definition) is 2. The van der Waals surface area contributed by atoms with Crippen molar-refractivity contribution in [2.45, 2.75) is 25.9 Å². The first-order valence-corrected chi connectivity index (χ1v) is 6.20. The van der Waals surface area contributed by atoms with E-state index in [1.807, 2.05) is 0 Å². The minimum absolute atomic E-state index is 0.0391. The number of nitrogen functional groups attached to an aromatic ring is 1. The lowest BCUT2D eigenvalue weighted by molar-refractivity contribution is -0.134. The third-order valence-corrected chi connectivity index (χ3v) is 2.51. The molecule has 0 fully saturated rings. The molecular weight excluding hydrogens is 273 g/mol. The second-order valence-electron chi connectivity index (χ2n) is 4.17. The summed E-state index contributed by atoms with van der Waals surface area (Å²) in [4.78, 5) is 11.6. The molecule has 0 aliphatic carbocycles. The van der Waals surface area contributed by atoms with Crippen molar-refractivity contribution in [3.63, 3.8) is 0 Å². The van der Waals surface area contributed by atoms with Crippen LogP contribution in [0.15, 0.2) is 18.2 Å². The number of esters is 1. The van der Waals surface area contributed by atoms with E-state index in [-0.39, 0.29) is 30.8 Å². The van der Waals surface area contributed by atoms with Crippen LogP contribution in [0.4, 0.5) is 24.5 Å². The summed E-state index contributed by atoms with van der Waals surface area (Å²) in [6, 6.07) is 4.59. The Balaban J connectivity index is 2.59. The predicted octanol–water partition coefficient (Wildman–Crippen LogP) is 3.20. The summed E-state index contributed by atoms with van der Waals surface area (Å²) in [5.41, 5.74) is 6.66. The molecule has 1 aromatic carbocycles. The van der Waals surface area contributed by atoms with Gasteiger partial charge in [-0.2, -0.15) is 13.2 Å². The molecule has 1 rings (SSSR count). The van der Waals surface area contributed by atoms with Crippen LogP contribution in [0.3, 0.4) is 0 Å². The summed E-state index contributed by atoms with van der Waals surface area (Å²) < 4.78 is 40.8. The van der Waals surface area contributed by atoms with Crippen molar-refractivity contribution in [2.75, 3.05) is 24.2 Å². The lowest BCUT2D eigenvalue weighted by Crippen LogP contribution is -2.12. The Morgan fingerprint density at radius 3 is 2.70 bits per heavy atom. The molecule has 0 unspecified atom stereocenters. The number of nitrogens with one attached hydrogen (secondary N) is 1. The monoisotopic (exact) mass is 290 g/mol. The molecule has 0 heterocycles. The van der Waals surface area contributed by atoms with Gasteiger partial charge in [0.1, 0.15) is 0 Å². The van der Waals surface area contributed by atoms with E-state index < -0.39 is 18.6 Å². The highest BCUT2D eigenvalue weighted by atomic mass is 19.4. The van der Waals surface area contributed by atoms with E-state index in [2.05, 4.69) is 5.32 Å². The molecule has 0 aliphatic rings. The fourth-order valence-electron chi connectivity index (χ4n) is 1.57. The molecule has 3 N–H and O–H groups in total. The molecule has 7 heteroatoms. The van der Waals surface area contributed by atoms with Crippen molar-refractivity contribution in [1.29, 1.82) is 0 Å². The van der Waals surface area contributed by atoms with Crippen molar-refractivity contribution in [3.05, 3.63) is 23.8 Å². The summed E-state index contributed by atoms with van der Waals surface area (Å²) in [6.07, 6.45) is -5.04. The number of hydrogen-bond acceptors (Lipinski definition) is 4. The Kier molecular flexibility index (Phi) is 5.66. The zero-order valence-corrected chi connectivity index (χ0v) is 11.1. The maximum atomic E-state index is 12.0. The molecule has 20 heavy (non-hydrogen) atoms. The molecular formula is C13H17F3N2O2. The SMILES string of the molecule is CCOC(=O)c1cc(NCCCC(F)(F)F)ccc1N. The predicted molar refractivity (Wildman–Crippen MR) is 70.6 cm³/mol. The zero-order chi connectivity index (χ0) is 15.2. The topological polar surface area (TPSA) is 64.3 Å². The van der Waals surface area contributed by atoms with E-state index in [4.69, 9.17) is 10.5 Å². The fraction of sp³-hybridized carbons (Fsp3) is 0.462. The number of carbonyl (C=O) groups excluding carboxylic acids is 1. The van der Waals surface area contributed by atoms with E-state index in [0.717, 1.165) is 0 Å². The van der Waals surface area contributed by atoms with Crippen molar-refractivity contribution >= 4 is 17.3 Å². The fourth-order valence-corrected chi connectivity index (χ4v) is 1.57. The van der Waals surface area contributed by atoms with Crippen LogP contribution in [0.2, 0.25) is 0 Å². The average Bonchev–Trinajstić information content (AvgIpc) is 2.35. The van der Waals surface area contributed by atoms with Gasteiger partial charge < -0.3 is 15.8 Å². The second-order valence-corrected chi connectivity index (χ2v) is 4.17. The van der Waals surface area contributed by atoms with Crippen LogP contribution in [0, 0.1) is 0 Å². The van der Waals surface area contributed by atoms with E-state index in [1.54, 1.807) is 13.0 Å². The second kappa shape index (κ2) is 7.02. The highest BCUT2D eigenvalue weighted by molar-refractivity contribution is 5.96. The van der Waals surface area contributed by atoms with Gasteiger partial charge >= 0.3 is 12.1 Å². The molecule has 0 spiro atoms. The van der Waals surface area contributed by atoms with Gasteiger partial charge in [0.05, 0.1) is 12.2 Å². The molecule has 0 aliphatic heterocycles. The van der Waals surface area contributed by atoms with Crippen LogP contribution in [-0.2, 0) is 4.74 Å². The number of anilines is 2. The molecule has 0 bridgehead atoms. The molecule has 4 nitrogen and oxygen atoms in total. The van der Waals surface area contributed by atoms with E-state index in [0.29, 0.717) is 5.69 Å². The van der Waals surface area contributed by atoms with E-state index in [9.17, 15) is 18.0 Å². The van der Waals surface area contributed by atoms with Gasteiger partial charge in [0.25, 0.3) is 0 Å². The first-order valence-electron chi connectivity index (χ1n) is 6.20. The highest BCUT2D eigenvalue weighted by Crippen LogP contribution is 2.22. The lowest BCUT2D eigenvalue weighted by Gasteiger charge is -2.11. The number of alkyl halides is 3. The Morgan fingerprint density at radius 1 is 1.40 bits per heavy atom. The quantitative estimate of drug-likeness (QED) is 0.480. The molecule has 112 valence electrons. The van der Waals surface area contributed by atoms with Gasteiger partial charge in [-0.3, -0.25) is 0 Å². The lowest BCUT2D eigenvalue weighted by atomic mass is 10.1. The third kappa shape index (κ3) is 5.38. The average molecular weight is 290 g/mol. The molecule has 0 aromatic heterocycles. The summed E-state index contributed by atoms with van der Waals surface area (Å²) in [6.45, 7) is 2.06. The van der Waals surface area contributed by atoms with Gasteiger partial charge in [0.2, 0.25) is 0 Å². The number of halogens is 3. The smallest absolute Gasteiger partial charge is 0.389 e.